The maximum Gasteiger partial charge on any atom is 0.230 e. The van der Waals surface area contributed by atoms with Crippen LogP contribution in [0.2, 0.25) is 0 Å². The van der Waals surface area contributed by atoms with Crippen LogP contribution in [0.5, 0.6) is 0 Å². The lowest BCUT2D eigenvalue weighted by Gasteiger charge is -2.34. The molecule has 1 amide bonds. The molecule has 2 aliphatic rings. The number of rotatable bonds is 5. The summed E-state index contributed by atoms with van der Waals surface area (Å²) in [6.45, 7) is 1.53. The van der Waals surface area contributed by atoms with Crippen molar-refractivity contribution < 1.29 is 4.79 Å². The van der Waals surface area contributed by atoms with Gasteiger partial charge < -0.3 is 10.6 Å². The minimum atomic E-state index is 0.135. The highest BCUT2D eigenvalue weighted by molar-refractivity contribution is 5.95. The van der Waals surface area contributed by atoms with Gasteiger partial charge in [-0.05, 0) is 56.2 Å². The van der Waals surface area contributed by atoms with Gasteiger partial charge in [0.15, 0.2) is 0 Å². The van der Waals surface area contributed by atoms with Crippen molar-refractivity contribution in [1.29, 1.82) is 0 Å². The van der Waals surface area contributed by atoms with Crippen LogP contribution < -0.4 is 10.6 Å². The molecule has 2 saturated carbocycles. The molecular formula is C18H26N2O. The van der Waals surface area contributed by atoms with Gasteiger partial charge in [-0.15, -0.1) is 0 Å². The summed E-state index contributed by atoms with van der Waals surface area (Å²) in [5, 5.41) is 0. The van der Waals surface area contributed by atoms with Crippen molar-refractivity contribution in [3.63, 3.8) is 0 Å². The van der Waals surface area contributed by atoms with Crippen LogP contribution >= 0.6 is 0 Å². The zero-order valence-electron chi connectivity index (χ0n) is 12.7. The lowest BCUT2D eigenvalue weighted by atomic mass is 9.84. The van der Waals surface area contributed by atoms with Crippen molar-refractivity contribution in [2.24, 2.45) is 23.5 Å². The fourth-order valence-electron chi connectivity index (χ4n) is 3.71. The molecular weight excluding hydrogens is 260 g/mol. The largest absolute Gasteiger partial charge is 0.330 e. The molecule has 21 heavy (non-hydrogen) atoms. The molecule has 1 aromatic rings. The number of amides is 1. The molecule has 0 bridgehead atoms. The van der Waals surface area contributed by atoms with Crippen molar-refractivity contribution in [3.05, 3.63) is 30.3 Å². The predicted molar refractivity (Wildman–Crippen MR) is 86.0 cm³/mol. The van der Waals surface area contributed by atoms with Gasteiger partial charge in [-0.25, -0.2) is 0 Å². The van der Waals surface area contributed by atoms with Gasteiger partial charge in [0.1, 0.15) is 0 Å². The van der Waals surface area contributed by atoms with Gasteiger partial charge in [0.05, 0.1) is 0 Å². The van der Waals surface area contributed by atoms with Gasteiger partial charge >= 0.3 is 0 Å². The van der Waals surface area contributed by atoms with E-state index in [0.29, 0.717) is 24.3 Å². The number of carbonyl (C=O) groups is 1. The number of para-hydroxylation sites is 1. The van der Waals surface area contributed by atoms with E-state index in [9.17, 15) is 4.79 Å². The van der Waals surface area contributed by atoms with Crippen molar-refractivity contribution >= 4 is 11.6 Å². The first-order valence-electron chi connectivity index (χ1n) is 8.36. The molecule has 0 spiro atoms. The summed E-state index contributed by atoms with van der Waals surface area (Å²) < 4.78 is 0. The summed E-state index contributed by atoms with van der Waals surface area (Å²) in [5.41, 5.74) is 6.92. The molecule has 1 aromatic carbocycles. The summed E-state index contributed by atoms with van der Waals surface area (Å²) in [5.74, 6) is 1.51. The van der Waals surface area contributed by atoms with Gasteiger partial charge in [0, 0.05) is 18.2 Å². The Morgan fingerprint density at radius 1 is 1.10 bits per heavy atom. The average Bonchev–Trinajstić information content (AvgIpc) is 2.95. The fourth-order valence-corrected chi connectivity index (χ4v) is 3.71. The summed E-state index contributed by atoms with van der Waals surface area (Å²) in [7, 11) is 0. The zero-order chi connectivity index (χ0) is 14.7. The van der Waals surface area contributed by atoms with Crippen LogP contribution in [-0.4, -0.2) is 19.0 Å². The molecule has 2 atom stereocenters. The second kappa shape index (κ2) is 6.61. The lowest BCUT2D eigenvalue weighted by molar-refractivity contribution is -0.123. The molecule has 3 rings (SSSR count). The Kier molecular flexibility index (Phi) is 4.59. The predicted octanol–water partition coefficient (Wildman–Crippen LogP) is 3.19. The van der Waals surface area contributed by atoms with E-state index in [-0.39, 0.29) is 5.92 Å². The van der Waals surface area contributed by atoms with E-state index < -0.39 is 0 Å². The third kappa shape index (κ3) is 3.13. The monoisotopic (exact) mass is 286 g/mol. The van der Waals surface area contributed by atoms with E-state index in [1.54, 1.807) is 0 Å². The standard InChI is InChI=1S/C18H26N2O/c19-12-15-8-5-11-17(15)18(21)20(13-14-6-4-7-14)16-9-2-1-3-10-16/h1-3,9-10,14-15,17H,4-8,11-13,19H2/t15-,17-/m1/s1. The van der Waals surface area contributed by atoms with Crippen LogP contribution in [-0.2, 0) is 4.79 Å². The fraction of sp³-hybridized carbons (Fsp3) is 0.611. The minimum Gasteiger partial charge on any atom is -0.330 e. The van der Waals surface area contributed by atoms with E-state index in [2.05, 4.69) is 12.1 Å². The SMILES string of the molecule is NC[C@H]1CCC[C@H]1C(=O)N(CC1CCC1)c1ccccc1. The number of benzene rings is 1. The van der Waals surface area contributed by atoms with Gasteiger partial charge in [-0.2, -0.15) is 0 Å². The van der Waals surface area contributed by atoms with Gasteiger partial charge in [0.2, 0.25) is 5.91 Å². The third-order valence-electron chi connectivity index (χ3n) is 5.28. The quantitative estimate of drug-likeness (QED) is 0.903. The Labute approximate surface area is 127 Å². The maximum absolute atomic E-state index is 13.1. The molecule has 0 radical (unpaired) electrons. The number of nitrogens with zero attached hydrogens (tertiary/aromatic N) is 1. The Hall–Kier alpha value is -1.35. The second-order valence-electron chi connectivity index (χ2n) is 6.61. The zero-order valence-corrected chi connectivity index (χ0v) is 12.7. The number of nitrogens with two attached hydrogens (primary N) is 1. The number of carbonyl (C=O) groups excluding carboxylic acids is 1. The summed E-state index contributed by atoms with van der Waals surface area (Å²) >= 11 is 0. The van der Waals surface area contributed by atoms with Crippen LogP contribution in [0.25, 0.3) is 0 Å². The van der Waals surface area contributed by atoms with Gasteiger partial charge in [-0.3, -0.25) is 4.79 Å². The highest BCUT2D eigenvalue weighted by Gasteiger charge is 2.36. The number of anilines is 1. The summed E-state index contributed by atoms with van der Waals surface area (Å²) in [6.07, 6.45) is 7.11. The molecule has 114 valence electrons. The first-order valence-corrected chi connectivity index (χ1v) is 8.36. The molecule has 0 aliphatic heterocycles. The Balaban J connectivity index is 1.78. The van der Waals surface area contributed by atoms with E-state index in [1.165, 1.54) is 19.3 Å². The molecule has 2 N–H and O–H groups in total. The molecule has 2 aliphatic carbocycles. The Bertz CT molecular complexity index is 469. The van der Waals surface area contributed by atoms with Crippen LogP contribution in [0, 0.1) is 17.8 Å². The molecule has 0 unspecified atom stereocenters. The van der Waals surface area contributed by atoms with E-state index in [4.69, 9.17) is 5.73 Å². The van der Waals surface area contributed by atoms with Crippen molar-refractivity contribution in [2.75, 3.05) is 18.0 Å². The Morgan fingerprint density at radius 2 is 1.81 bits per heavy atom. The molecule has 0 saturated heterocycles. The normalized spacial score (nSPS) is 25.6. The van der Waals surface area contributed by atoms with Gasteiger partial charge in [0.25, 0.3) is 0 Å². The summed E-state index contributed by atoms with van der Waals surface area (Å²) in [4.78, 5) is 15.1. The highest BCUT2D eigenvalue weighted by atomic mass is 16.2. The average molecular weight is 286 g/mol. The van der Waals surface area contributed by atoms with Gasteiger partial charge in [-0.1, -0.05) is 31.0 Å². The van der Waals surface area contributed by atoms with E-state index in [1.807, 2.05) is 23.1 Å². The number of hydrogen-bond acceptors (Lipinski definition) is 2. The lowest BCUT2D eigenvalue weighted by Crippen LogP contribution is -2.43. The summed E-state index contributed by atoms with van der Waals surface area (Å²) in [6, 6.07) is 10.2. The van der Waals surface area contributed by atoms with Crippen LogP contribution in [0.15, 0.2) is 30.3 Å². The first-order chi connectivity index (χ1) is 10.3. The molecule has 0 aromatic heterocycles. The van der Waals surface area contributed by atoms with E-state index in [0.717, 1.165) is 31.5 Å². The van der Waals surface area contributed by atoms with Crippen molar-refractivity contribution in [3.8, 4) is 0 Å². The first kappa shape index (κ1) is 14.6. The number of hydrogen-bond donors (Lipinski definition) is 1. The molecule has 2 fully saturated rings. The van der Waals surface area contributed by atoms with Crippen molar-refractivity contribution in [2.45, 2.75) is 38.5 Å². The topological polar surface area (TPSA) is 46.3 Å². The highest BCUT2D eigenvalue weighted by Crippen LogP contribution is 2.35. The van der Waals surface area contributed by atoms with Crippen molar-refractivity contribution in [1.82, 2.24) is 0 Å². The second-order valence-corrected chi connectivity index (χ2v) is 6.61. The van der Waals surface area contributed by atoms with Crippen LogP contribution in [0.3, 0.4) is 0 Å². The molecule has 3 nitrogen and oxygen atoms in total. The van der Waals surface area contributed by atoms with Crippen LogP contribution in [0.4, 0.5) is 5.69 Å². The maximum atomic E-state index is 13.1. The molecule has 3 heteroatoms. The smallest absolute Gasteiger partial charge is 0.230 e. The van der Waals surface area contributed by atoms with Crippen LogP contribution in [0.1, 0.15) is 38.5 Å². The minimum absolute atomic E-state index is 0.135. The van der Waals surface area contributed by atoms with E-state index >= 15 is 0 Å². The Morgan fingerprint density at radius 3 is 2.43 bits per heavy atom. The third-order valence-corrected chi connectivity index (χ3v) is 5.28. The molecule has 0 heterocycles.